The van der Waals surface area contributed by atoms with Crippen molar-refractivity contribution < 1.29 is 14.6 Å². The van der Waals surface area contributed by atoms with Crippen molar-refractivity contribution in [2.24, 2.45) is 0 Å². The Morgan fingerprint density at radius 2 is 1.84 bits per heavy atom. The number of aliphatic hydroxyl groups is 2. The van der Waals surface area contributed by atoms with Gasteiger partial charge in [0.25, 0.3) is 0 Å². The van der Waals surface area contributed by atoms with Crippen molar-refractivity contribution in [2.45, 2.75) is 31.6 Å². The lowest BCUT2D eigenvalue weighted by Gasteiger charge is -2.41. The van der Waals surface area contributed by atoms with Crippen molar-refractivity contribution in [3.05, 3.63) is 70.5 Å². The predicted molar refractivity (Wildman–Crippen MR) is 94.2 cm³/mol. The second kappa shape index (κ2) is 7.75. The van der Waals surface area contributed by atoms with Crippen molar-refractivity contribution >= 4 is 0 Å². The summed E-state index contributed by atoms with van der Waals surface area (Å²) in [6, 6.07) is 12.3. The Hall–Kier alpha value is -2.26. The Morgan fingerprint density at radius 3 is 2.32 bits per heavy atom. The SMILES string of the molecule is CCC(N(C)C)[C@](O)(c1ccc(F)cc1)c1ccc(C#N)cc1CO. The van der Waals surface area contributed by atoms with Gasteiger partial charge in [-0.25, -0.2) is 4.39 Å². The molecule has 5 heteroatoms. The minimum Gasteiger partial charge on any atom is -0.392 e. The molecule has 0 aromatic heterocycles. The van der Waals surface area contributed by atoms with Crippen LogP contribution in [0.3, 0.4) is 0 Å². The van der Waals surface area contributed by atoms with Crippen molar-refractivity contribution in [1.82, 2.24) is 4.90 Å². The lowest BCUT2D eigenvalue weighted by Crippen LogP contribution is -2.49. The van der Waals surface area contributed by atoms with E-state index in [1.54, 1.807) is 30.3 Å². The fourth-order valence-electron chi connectivity index (χ4n) is 3.43. The number of hydrogen-bond donors (Lipinski definition) is 2. The van der Waals surface area contributed by atoms with Crippen molar-refractivity contribution in [1.29, 1.82) is 5.26 Å². The lowest BCUT2D eigenvalue weighted by molar-refractivity contribution is -0.00639. The number of likely N-dealkylation sites (N-methyl/N-ethyl adjacent to an activating group) is 1. The summed E-state index contributed by atoms with van der Waals surface area (Å²) in [5, 5.41) is 30.7. The van der Waals surface area contributed by atoms with Gasteiger partial charge < -0.3 is 15.1 Å². The summed E-state index contributed by atoms with van der Waals surface area (Å²) in [5.74, 6) is -0.383. The number of benzene rings is 2. The van der Waals surface area contributed by atoms with Crippen LogP contribution in [0.4, 0.5) is 4.39 Å². The Kier molecular flexibility index (Phi) is 5.91. The molecule has 25 heavy (non-hydrogen) atoms. The van der Waals surface area contributed by atoms with E-state index in [4.69, 9.17) is 5.26 Å². The highest BCUT2D eigenvalue weighted by Gasteiger charge is 2.42. The van der Waals surface area contributed by atoms with E-state index < -0.39 is 5.60 Å². The first-order valence-electron chi connectivity index (χ1n) is 8.17. The molecular weight excluding hydrogens is 319 g/mol. The number of aliphatic hydroxyl groups excluding tert-OH is 1. The predicted octanol–water partition coefficient (Wildman–Crippen LogP) is 2.77. The zero-order valence-corrected chi connectivity index (χ0v) is 14.7. The van der Waals surface area contributed by atoms with Crippen molar-refractivity contribution in [3.8, 4) is 6.07 Å². The molecule has 0 aliphatic rings. The molecule has 2 aromatic carbocycles. The molecule has 0 radical (unpaired) electrons. The summed E-state index contributed by atoms with van der Waals surface area (Å²) in [4.78, 5) is 1.91. The molecule has 2 aromatic rings. The van der Waals surface area contributed by atoms with Gasteiger partial charge in [0.15, 0.2) is 0 Å². The molecule has 2 atom stereocenters. The van der Waals surface area contributed by atoms with Crippen LogP contribution in [0.15, 0.2) is 42.5 Å². The van der Waals surface area contributed by atoms with Gasteiger partial charge >= 0.3 is 0 Å². The Labute approximate surface area is 147 Å². The van der Waals surface area contributed by atoms with Crippen molar-refractivity contribution in [2.75, 3.05) is 14.1 Å². The molecular formula is C20H23FN2O2. The van der Waals surface area contributed by atoms with E-state index in [2.05, 4.69) is 0 Å². The minimum atomic E-state index is -1.46. The van der Waals surface area contributed by atoms with E-state index >= 15 is 0 Å². The molecule has 4 nitrogen and oxygen atoms in total. The molecule has 0 saturated heterocycles. The standard InChI is InChI=1S/C20H23FN2O2/c1-4-19(23(2)3)20(25,16-6-8-17(21)9-7-16)18-10-5-14(12-22)11-15(18)13-24/h5-11,19,24-25H,4,13H2,1-3H3/t19?,20-/m0/s1. The van der Waals surface area contributed by atoms with Crippen LogP contribution in [0, 0.1) is 17.1 Å². The largest absolute Gasteiger partial charge is 0.392 e. The number of hydrogen-bond acceptors (Lipinski definition) is 4. The average Bonchev–Trinajstić information content (AvgIpc) is 2.61. The van der Waals surface area contributed by atoms with Gasteiger partial charge in [0, 0.05) is 6.04 Å². The molecule has 0 saturated carbocycles. The van der Waals surface area contributed by atoms with E-state index in [0.717, 1.165) is 0 Å². The number of rotatable bonds is 6. The molecule has 0 spiro atoms. The van der Waals surface area contributed by atoms with Gasteiger partial charge in [-0.05, 0) is 61.5 Å². The average molecular weight is 342 g/mol. The second-order valence-electron chi connectivity index (χ2n) is 6.30. The maximum absolute atomic E-state index is 13.4. The van der Waals surface area contributed by atoms with Gasteiger partial charge in [-0.3, -0.25) is 0 Å². The van der Waals surface area contributed by atoms with Gasteiger partial charge in [0.2, 0.25) is 0 Å². The Bertz CT molecular complexity index is 768. The summed E-state index contributed by atoms with van der Waals surface area (Å²) in [6.07, 6.45) is 0.631. The summed E-state index contributed by atoms with van der Waals surface area (Å²) < 4.78 is 13.4. The molecule has 1 unspecified atom stereocenters. The summed E-state index contributed by atoms with van der Waals surface area (Å²) in [6.45, 7) is 1.65. The maximum Gasteiger partial charge on any atom is 0.130 e. The fourth-order valence-corrected chi connectivity index (χ4v) is 3.43. The molecule has 0 aliphatic heterocycles. The van der Waals surface area contributed by atoms with Crippen LogP contribution in [-0.2, 0) is 12.2 Å². The van der Waals surface area contributed by atoms with Crippen LogP contribution in [0.1, 0.15) is 35.6 Å². The van der Waals surface area contributed by atoms with Gasteiger partial charge in [0.1, 0.15) is 11.4 Å². The third-order valence-corrected chi connectivity index (χ3v) is 4.59. The van der Waals surface area contributed by atoms with Crippen LogP contribution in [-0.4, -0.2) is 35.3 Å². The Balaban J connectivity index is 2.76. The number of nitrogens with zero attached hydrogens (tertiary/aromatic N) is 2. The summed E-state index contributed by atoms with van der Waals surface area (Å²) in [5.41, 5.74) is 0.478. The summed E-state index contributed by atoms with van der Waals surface area (Å²) in [7, 11) is 3.73. The topological polar surface area (TPSA) is 67.5 Å². The molecule has 0 heterocycles. The highest BCUT2D eigenvalue weighted by molar-refractivity contribution is 5.46. The van der Waals surface area contributed by atoms with Crippen molar-refractivity contribution in [3.63, 3.8) is 0 Å². The van der Waals surface area contributed by atoms with E-state index in [9.17, 15) is 14.6 Å². The molecule has 0 aliphatic carbocycles. The lowest BCUT2D eigenvalue weighted by atomic mass is 9.76. The normalized spacial score (nSPS) is 14.8. The third-order valence-electron chi connectivity index (χ3n) is 4.59. The van der Waals surface area contributed by atoms with Gasteiger partial charge in [-0.1, -0.05) is 25.1 Å². The fraction of sp³-hybridized carbons (Fsp3) is 0.350. The zero-order chi connectivity index (χ0) is 18.6. The first-order chi connectivity index (χ1) is 11.9. The maximum atomic E-state index is 13.4. The second-order valence-corrected chi connectivity index (χ2v) is 6.30. The molecule has 2 N–H and O–H groups in total. The molecule has 0 bridgehead atoms. The van der Waals surface area contributed by atoms with E-state index in [1.165, 1.54) is 12.1 Å². The van der Waals surface area contributed by atoms with Gasteiger partial charge in [-0.15, -0.1) is 0 Å². The first kappa shape index (κ1) is 19.1. The van der Waals surface area contributed by atoms with Gasteiger partial charge in [-0.2, -0.15) is 5.26 Å². The molecule has 0 fully saturated rings. The molecule has 0 amide bonds. The van der Waals surface area contributed by atoms with Gasteiger partial charge in [0.05, 0.1) is 18.2 Å². The molecule has 132 valence electrons. The third kappa shape index (κ3) is 3.57. The first-order valence-corrected chi connectivity index (χ1v) is 8.17. The van der Waals surface area contributed by atoms with E-state index in [1.807, 2.05) is 32.0 Å². The monoisotopic (exact) mass is 342 g/mol. The minimum absolute atomic E-state index is 0.307. The van der Waals surface area contributed by atoms with Crippen LogP contribution in [0.2, 0.25) is 0 Å². The van der Waals surface area contributed by atoms with Crippen LogP contribution >= 0.6 is 0 Å². The van der Waals surface area contributed by atoms with Crippen LogP contribution < -0.4 is 0 Å². The summed E-state index contributed by atoms with van der Waals surface area (Å²) >= 11 is 0. The van der Waals surface area contributed by atoms with Crippen LogP contribution in [0.25, 0.3) is 0 Å². The van der Waals surface area contributed by atoms with Crippen LogP contribution in [0.5, 0.6) is 0 Å². The quantitative estimate of drug-likeness (QED) is 0.847. The highest BCUT2D eigenvalue weighted by Crippen LogP contribution is 2.38. The molecule has 2 rings (SSSR count). The smallest absolute Gasteiger partial charge is 0.130 e. The highest BCUT2D eigenvalue weighted by atomic mass is 19.1. The number of nitriles is 1. The zero-order valence-electron chi connectivity index (χ0n) is 14.7. The Morgan fingerprint density at radius 1 is 1.20 bits per heavy atom. The number of halogens is 1. The van der Waals surface area contributed by atoms with E-state index in [0.29, 0.717) is 28.7 Å². The van der Waals surface area contributed by atoms with E-state index in [-0.39, 0.29) is 18.5 Å².